The van der Waals surface area contributed by atoms with Crippen LogP contribution in [0.1, 0.15) is 11.5 Å². The average Bonchev–Trinajstić information content (AvgIpc) is 2.86. The Balaban J connectivity index is 1.81. The fraction of sp³-hybridized carbons (Fsp3) is 0.133. The lowest BCUT2D eigenvalue weighted by atomic mass is 10.0. The third kappa shape index (κ3) is 2.32. The summed E-state index contributed by atoms with van der Waals surface area (Å²) in [6.45, 7) is 0. The standard InChI is InChI=1S/C15H14N2O2S/c16-12-7-9(18)5-6-13(12)17-15(19)11-8-20-14-4-2-1-3-10(11)14/h1-7,11,18H,8,16H2,(H,17,19). The van der Waals surface area contributed by atoms with Gasteiger partial charge in [-0.25, -0.2) is 0 Å². The summed E-state index contributed by atoms with van der Waals surface area (Å²) < 4.78 is 0. The molecular formula is C15H14N2O2S. The molecule has 20 heavy (non-hydrogen) atoms. The number of anilines is 2. The number of carbonyl (C=O) groups is 1. The fourth-order valence-corrected chi connectivity index (χ4v) is 3.49. The number of rotatable bonds is 2. The van der Waals surface area contributed by atoms with Gasteiger partial charge in [0, 0.05) is 16.7 Å². The second kappa shape index (κ2) is 5.09. The summed E-state index contributed by atoms with van der Waals surface area (Å²) in [5.74, 6) is 0.593. The molecule has 1 heterocycles. The third-order valence-electron chi connectivity index (χ3n) is 3.31. The van der Waals surface area contributed by atoms with Gasteiger partial charge in [-0.05, 0) is 23.8 Å². The molecule has 0 saturated carbocycles. The first-order valence-corrected chi connectivity index (χ1v) is 7.25. The van der Waals surface area contributed by atoms with Crippen molar-refractivity contribution in [1.29, 1.82) is 0 Å². The summed E-state index contributed by atoms with van der Waals surface area (Å²) in [4.78, 5) is 13.5. The van der Waals surface area contributed by atoms with Crippen molar-refractivity contribution >= 4 is 29.0 Å². The molecule has 0 radical (unpaired) electrons. The van der Waals surface area contributed by atoms with Crippen LogP contribution in [0.5, 0.6) is 5.75 Å². The Morgan fingerprint density at radius 2 is 2.10 bits per heavy atom. The summed E-state index contributed by atoms with van der Waals surface area (Å²) in [7, 11) is 0. The van der Waals surface area contributed by atoms with Gasteiger partial charge in [-0.2, -0.15) is 0 Å². The van der Waals surface area contributed by atoms with E-state index in [9.17, 15) is 9.90 Å². The van der Waals surface area contributed by atoms with Crippen molar-refractivity contribution in [2.75, 3.05) is 16.8 Å². The first-order valence-electron chi connectivity index (χ1n) is 6.26. The zero-order chi connectivity index (χ0) is 14.1. The molecule has 0 bridgehead atoms. The van der Waals surface area contributed by atoms with E-state index in [0.717, 1.165) is 16.2 Å². The second-order valence-electron chi connectivity index (χ2n) is 4.66. The molecule has 5 heteroatoms. The minimum absolute atomic E-state index is 0.0696. The van der Waals surface area contributed by atoms with Crippen LogP contribution in [-0.4, -0.2) is 16.8 Å². The van der Waals surface area contributed by atoms with Gasteiger partial charge in [-0.15, -0.1) is 11.8 Å². The Morgan fingerprint density at radius 1 is 1.30 bits per heavy atom. The van der Waals surface area contributed by atoms with Gasteiger partial charge < -0.3 is 16.2 Å². The topological polar surface area (TPSA) is 75.3 Å². The number of amides is 1. The Hall–Kier alpha value is -2.14. The predicted molar refractivity (Wildman–Crippen MR) is 81.1 cm³/mol. The van der Waals surface area contributed by atoms with Crippen molar-refractivity contribution < 1.29 is 9.90 Å². The minimum Gasteiger partial charge on any atom is -0.508 e. The highest BCUT2D eigenvalue weighted by molar-refractivity contribution is 7.99. The molecule has 1 aliphatic heterocycles. The lowest BCUT2D eigenvalue weighted by Gasteiger charge is -2.13. The second-order valence-corrected chi connectivity index (χ2v) is 5.72. The fourth-order valence-electron chi connectivity index (χ4n) is 2.26. The number of benzene rings is 2. The molecule has 0 saturated heterocycles. The first kappa shape index (κ1) is 12.9. The summed E-state index contributed by atoms with van der Waals surface area (Å²) in [6, 6.07) is 12.5. The van der Waals surface area contributed by atoms with E-state index in [4.69, 9.17) is 5.73 Å². The highest BCUT2D eigenvalue weighted by Crippen LogP contribution is 2.40. The zero-order valence-electron chi connectivity index (χ0n) is 10.7. The molecular weight excluding hydrogens is 272 g/mol. The summed E-state index contributed by atoms with van der Waals surface area (Å²) >= 11 is 1.69. The van der Waals surface area contributed by atoms with Crippen LogP contribution >= 0.6 is 11.8 Å². The van der Waals surface area contributed by atoms with Gasteiger partial charge in [0.05, 0.1) is 17.3 Å². The minimum atomic E-state index is -0.163. The van der Waals surface area contributed by atoms with Crippen molar-refractivity contribution in [3.05, 3.63) is 48.0 Å². The average molecular weight is 286 g/mol. The van der Waals surface area contributed by atoms with Crippen LogP contribution in [0.4, 0.5) is 11.4 Å². The van der Waals surface area contributed by atoms with Gasteiger partial charge in [0.15, 0.2) is 0 Å². The van der Waals surface area contributed by atoms with E-state index in [-0.39, 0.29) is 17.6 Å². The monoisotopic (exact) mass is 286 g/mol. The molecule has 0 aliphatic carbocycles. The van der Waals surface area contributed by atoms with Crippen LogP contribution in [0, 0.1) is 0 Å². The SMILES string of the molecule is Nc1cc(O)ccc1NC(=O)C1CSc2ccccc21. The van der Waals surface area contributed by atoms with Gasteiger partial charge in [-0.1, -0.05) is 18.2 Å². The van der Waals surface area contributed by atoms with Crippen molar-refractivity contribution in [2.45, 2.75) is 10.8 Å². The number of aromatic hydroxyl groups is 1. The molecule has 1 amide bonds. The van der Waals surface area contributed by atoms with Crippen molar-refractivity contribution in [3.8, 4) is 5.75 Å². The van der Waals surface area contributed by atoms with E-state index in [1.165, 1.54) is 12.1 Å². The van der Waals surface area contributed by atoms with Gasteiger partial charge >= 0.3 is 0 Å². The molecule has 102 valence electrons. The van der Waals surface area contributed by atoms with Crippen LogP contribution < -0.4 is 11.1 Å². The van der Waals surface area contributed by atoms with E-state index < -0.39 is 0 Å². The van der Waals surface area contributed by atoms with Crippen LogP contribution in [0.2, 0.25) is 0 Å². The normalized spacial score (nSPS) is 16.7. The Kier molecular flexibility index (Phi) is 3.28. The lowest BCUT2D eigenvalue weighted by Crippen LogP contribution is -2.21. The molecule has 0 aromatic heterocycles. The van der Waals surface area contributed by atoms with E-state index >= 15 is 0 Å². The quantitative estimate of drug-likeness (QED) is 0.586. The lowest BCUT2D eigenvalue weighted by molar-refractivity contribution is -0.117. The van der Waals surface area contributed by atoms with E-state index in [1.54, 1.807) is 17.8 Å². The number of nitrogens with two attached hydrogens (primary N) is 1. The van der Waals surface area contributed by atoms with Crippen LogP contribution in [0.25, 0.3) is 0 Å². The third-order valence-corrected chi connectivity index (χ3v) is 4.49. The number of hydrogen-bond acceptors (Lipinski definition) is 4. The smallest absolute Gasteiger partial charge is 0.232 e. The molecule has 4 N–H and O–H groups in total. The molecule has 3 rings (SSSR count). The van der Waals surface area contributed by atoms with Crippen LogP contribution in [0.3, 0.4) is 0 Å². The maximum Gasteiger partial charge on any atom is 0.232 e. The van der Waals surface area contributed by atoms with Crippen molar-refractivity contribution in [3.63, 3.8) is 0 Å². The van der Waals surface area contributed by atoms with E-state index in [2.05, 4.69) is 5.32 Å². The summed E-state index contributed by atoms with van der Waals surface area (Å²) in [5, 5.41) is 12.1. The Morgan fingerprint density at radius 3 is 2.90 bits per heavy atom. The highest BCUT2D eigenvalue weighted by Gasteiger charge is 2.29. The van der Waals surface area contributed by atoms with Crippen LogP contribution in [0.15, 0.2) is 47.4 Å². The van der Waals surface area contributed by atoms with E-state index in [1.807, 2.05) is 24.3 Å². The van der Waals surface area contributed by atoms with E-state index in [0.29, 0.717) is 11.4 Å². The Bertz CT molecular complexity index is 673. The summed E-state index contributed by atoms with van der Waals surface area (Å²) in [5.41, 5.74) is 7.73. The van der Waals surface area contributed by atoms with Crippen LogP contribution in [-0.2, 0) is 4.79 Å². The number of nitrogens with one attached hydrogen (secondary N) is 1. The molecule has 1 atom stereocenters. The highest BCUT2D eigenvalue weighted by atomic mass is 32.2. The Labute approximate surface area is 121 Å². The van der Waals surface area contributed by atoms with Crippen molar-refractivity contribution in [2.24, 2.45) is 0 Å². The molecule has 1 aliphatic rings. The number of phenolic OH excluding ortho intramolecular Hbond substituents is 1. The van der Waals surface area contributed by atoms with Gasteiger partial charge in [0.1, 0.15) is 5.75 Å². The number of phenols is 1. The molecule has 0 fully saturated rings. The number of thioether (sulfide) groups is 1. The number of carbonyl (C=O) groups excluding carboxylic acids is 1. The molecule has 2 aromatic rings. The molecule has 0 spiro atoms. The maximum atomic E-state index is 12.4. The maximum absolute atomic E-state index is 12.4. The van der Waals surface area contributed by atoms with Gasteiger partial charge in [0.25, 0.3) is 0 Å². The molecule has 4 nitrogen and oxygen atoms in total. The zero-order valence-corrected chi connectivity index (χ0v) is 11.5. The van der Waals surface area contributed by atoms with Gasteiger partial charge in [-0.3, -0.25) is 4.79 Å². The largest absolute Gasteiger partial charge is 0.508 e. The van der Waals surface area contributed by atoms with Gasteiger partial charge in [0.2, 0.25) is 5.91 Å². The predicted octanol–water partition coefficient (Wildman–Crippen LogP) is 2.80. The number of fused-ring (bicyclic) bond motifs is 1. The molecule has 1 unspecified atom stereocenters. The summed E-state index contributed by atoms with van der Waals surface area (Å²) in [6.07, 6.45) is 0. The number of hydrogen-bond donors (Lipinski definition) is 3. The molecule has 2 aromatic carbocycles. The number of nitrogen functional groups attached to an aromatic ring is 1. The first-order chi connectivity index (χ1) is 9.65. The van der Waals surface area contributed by atoms with Crippen molar-refractivity contribution in [1.82, 2.24) is 0 Å².